The maximum atomic E-state index is 5.91. The summed E-state index contributed by atoms with van der Waals surface area (Å²) in [5.41, 5.74) is 7.18. The Kier molecular flexibility index (Phi) is 3.57. The van der Waals surface area contributed by atoms with E-state index in [4.69, 9.17) is 15.2 Å². The fourth-order valence-electron chi connectivity index (χ4n) is 1.88. The number of methoxy groups -OCH3 is 1. The first-order chi connectivity index (χ1) is 10.2. The lowest BCUT2D eigenvalue weighted by Gasteiger charge is -2.09. The average molecular weight is 347 g/mol. The molecule has 0 radical (unpaired) electrons. The van der Waals surface area contributed by atoms with Crippen molar-refractivity contribution in [1.29, 1.82) is 0 Å². The number of halogens is 1. The zero-order valence-corrected chi connectivity index (χ0v) is 12.7. The third kappa shape index (κ3) is 2.59. The summed E-state index contributed by atoms with van der Waals surface area (Å²) >= 11 is 3.29. The van der Waals surface area contributed by atoms with Gasteiger partial charge in [-0.1, -0.05) is 0 Å². The predicted molar refractivity (Wildman–Crippen MR) is 82.5 cm³/mol. The monoisotopic (exact) mass is 346 g/mol. The van der Waals surface area contributed by atoms with Crippen molar-refractivity contribution in [2.45, 2.75) is 0 Å². The summed E-state index contributed by atoms with van der Waals surface area (Å²) in [6, 6.07) is 7.38. The molecule has 0 saturated heterocycles. The Morgan fingerprint density at radius 1 is 1.19 bits per heavy atom. The normalized spacial score (nSPS) is 10.6. The molecule has 0 spiro atoms. The van der Waals surface area contributed by atoms with Crippen molar-refractivity contribution in [1.82, 2.24) is 15.0 Å². The molecule has 2 N–H and O–H groups in total. The van der Waals surface area contributed by atoms with E-state index < -0.39 is 0 Å². The molecule has 2 heterocycles. The van der Waals surface area contributed by atoms with E-state index in [0.29, 0.717) is 27.3 Å². The van der Waals surface area contributed by atoms with Crippen LogP contribution < -0.4 is 15.2 Å². The average Bonchev–Trinajstić information content (AvgIpc) is 2.52. The molecule has 0 aliphatic rings. The van der Waals surface area contributed by atoms with Crippen LogP contribution >= 0.6 is 15.9 Å². The van der Waals surface area contributed by atoms with Crippen LogP contribution in [-0.2, 0) is 0 Å². The van der Waals surface area contributed by atoms with Crippen LogP contribution in [0.2, 0.25) is 0 Å². The molecule has 0 bridgehead atoms. The first-order valence-corrected chi connectivity index (χ1v) is 6.86. The number of pyridine rings is 1. The number of hydrogen-bond acceptors (Lipinski definition) is 6. The van der Waals surface area contributed by atoms with Gasteiger partial charge in [-0.15, -0.1) is 0 Å². The number of nitrogen functional groups attached to an aromatic ring is 1. The van der Waals surface area contributed by atoms with Gasteiger partial charge in [0.05, 0.1) is 29.0 Å². The van der Waals surface area contributed by atoms with E-state index in [1.807, 2.05) is 12.1 Å². The second-order valence-corrected chi connectivity index (χ2v) is 5.02. The maximum Gasteiger partial charge on any atom is 0.325 e. The van der Waals surface area contributed by atoms with E-state index >= 15 is 0 Å². The van der Waals surface area contributed by atoms with Gasteiger partial charge >= 0.3 is 6.01 Å². The van der Waals surface area contributed by atoms with Gasteiger partial charge in [0.2, 0.25) is 5.88 Å². The van der Waals surface area contributed by atoms with Crippen molar-refractivity contribution in [3.8, 4) is 17.6 Å². The first kappa shape index (κ1) is 13.6. The molecule has 106 valence electrons. The van der Waals surface area contributed by atoms with E-state index in [-0.39, 0.29) is 6.01 Å². The molecule has 21 heavy (non-hydrogen) atoms. The Labute approximate surface area is 129 Å². The SMILES string of the molecule is COc1nc(Oc2ccc(N)c3ncccc23)ncc1Br. The number of hydrogen-bond donors (Lipinski definition) is 1. The summed E-state index contributed by atoms with van der Waals surface area (Å²) in [7, 11) is 1.53. The van der Waals surface area contributed by atoms with Crippen LogP contribution in [-0.4, -0.2) is 22.1 Å². The van der Waals surface area contributed by atoms with Crippen molar-refractivity contribution in [2.24, 2.45) is 0 Å². The number of nitrogens with zero attached hydrogens (tertiary/aromatic N) is 3. The molecule has 0 amide bonds. The molecule has 0 aliphatic carbocycles. The van der Waals surface area contributed by atoms with Gasteiger partial charge < -0.3 is 15.2 Å². The second-order valence-electron chi connectivity index (χ2n) is 4.16. The van der Waals surface area contributed by atoms with E-state index in [1.165, 1.54) is 7.11 Å². The van der Waals surface area contributed by atoms with Crippen LogP contribution in [0.5, 0.6) is 17.6 Å². The van der Waals surface area contributed by atoms with Gasteiger partial charge in [-0.05, 0) is 40.2 Å². The molecule has 0 saturated carbocycles. The second kappa shape index (κ2) is 5.53. The van der Waals surface area contributed by atoms with Crippen LogP contribution in [0.1, 0.15) is 0 Å². The van der Waals surface area contributed by atoms with Crippen LogP contribution in [0.15, 0.2) is 41.1 Å². The largest absolute Gasteiger partial charge is 0.480 e. The number of rotatable bonds is 3. The minimum atomic E-state index is 0.185. The quantitative estimate of drug-likeness (QED) is 0.733. The lowest BCUT2D eigenvalue weighted by atomic mass is 10.2. The molecule has 0 atom stereocenters. The lowest BCUT2D eigenvalue weighted by Crippen LogP contribution is -1.97. The molecule has 7 heteroatoms. The summed E-state index contributed by atoms with van der Waals surface area (Å²) in [5, 5.41) is 0.794. The topological polar surface area (TPSA) is 83.2 Å². The van der Waals surface area contributed by atoms with Gasteiger partial charge in [0.1, 0.15) is 5.75 Å². The van der Waals surface area contributed by atoms with Gasteiger partial charge in [0.25, 0.3) is 0 Å². The molecular weight excluding hydrogens is 336 g/mol. The Hall–Kier alpha value is -2.41. The summed E-state index contributed by atoms with van der Waals surface area (Å²) in [4.78, 5) is 12.5. The summed E-state index contributed by atoms with van der Waals surface area (Å²) in [6.45, 7) is 0. The molecule has 0 aliphatic heterocycles. The summed E-state index contributed by atoms with van der Waals surface area (Å²) in [6.07, 6.45) is 3.25. The molecule has 3 aromatic rings. The van der Waals surface area contributed by atoms with E-state index in [9.17, 15) is 0 Å². The van der Waals surface area contributed by atoms with E-state index in [0.717, 1.165) is 5.39 Å². The highest BCUT2D eigenvalue weighted by atomic mass is 79.9. The van der Waals surface area contributed by atoms with Crippen LogP contribution in [0, 0.1) is 0 Å². The number of anilines is 1. The highest BCUT2D eigenvalue weighted by molar-refractivity contribution is 9.10. The minimum Gasteiger partial charge on any atom is -0.480 e. The highest BCUT2D eigenvalue weighted by Gasteiger charge is 2.10. The van der Waals surface area contributed by atoms with Crippen molar-refractivity contribution in [2.75, 3.05) is 12.8 Å². The fraction of sp³-hybridized carbons (Fsp3) is 0.0714. The molecule has 1 aromatic carbocycles. The van der Waals surface area contributed by atoms with Crippen molar-refractivity contribution < 1.29 is 9.47 Å². The molecule has 6 nitrogen and oxygen atoms in total. The van der Waals surface area contributed by atoms with Gasteiger partial charge in [-0.2, -0.15) is 4.98 Å². The molecule has 2 aromatic heterocycles. The van der Waals surface area contributed by atoms with Crippen molar-refractivity contribution in [3.05, 3.63) is 41.1 Å². The third-order valence-corrected chi connectivity index (χ3v) is 3.39. The smallest absolute Gasteiger partial charge is 0.325 e. The van der Waals surface area contributed by atoms with Crippen LogP contribution in [0.4, 0.5) is 5.69 Å². The Balaban J connectivity index is 2.04. The van der Waals surface area contributed by atoms with Gasteiger partial charge in [-0.3, -0.25) is 4.98 Å². The lowest BCUT2D eigenvalue weighted by molar-refractivity contribution is 0.374. The Morgan fingerprint density at radius 2 is 2.05 bits per heavy atom. The van der Waals surface area contributed by atoms with Gasteiger partial charge in [-0.25, -0.2) is 4.98 Å². The minimum absolute atomic E-state index is 0.185. The van der Waals surface area contributed by atoms with Crippen molar-refractivity contribution >= 4 is 32.5 Å². The van der Waals surface area contributed by atoms with E-state index in [2.05, 4.69) is 30.9 Å². The molecule has 0 unspecified atom stereocenters. The number of nitrogens with two attached hydrogens (primary N) is 1. The fourth-order valence-corrected chi connectivity index (χ4v) is 2.24. The Morgan fingerprint density at radius 3 is 2.86 bits per heavy atom. The molecule has 3 rings (SSSR count). The standard InChI is InChI=1S/C14H11BrN4O2/c1-20-13-9(15)7-18-14(19-13)21-11-5-4-10(16)12-8(11)3-2-6-17-12/h2-7H,16H2,1H3. The molecular formula is C14H11BrN4O2. The zero-order valence-electron chi connectivity index (χ0n) is 11.1. The summed E-state index contributed by atoms with van der Waals surface area (Å²) in [5.74, 6) is 0.981. The number of fused-ring (bicyclic) bond motifs is 1. The van der Waals surface area contributed by atoms with Gasteiger partial charge in [0, 0.05) is 11.6 Å². The first-order valence-electron chi connectivity index (χ1n) is 6.06. The predicted octanol–water partition coefficient (Wildman–Crippen LogP) is 3.17. The van der Waals surface area contributed by atoms with E-state index in [1.54, 1.807) is 24.5 Å². The van der Waals surface area contributed by atoms with Crippen LogP contribution in [0.25, 0.3) is 10.9 Å². The number of ether oxygens (including phenoxy) is 2. The number of benzene rings is 1. The summed E-state index contributed by atoms with van der Waals surface area (Å²) < 4.78 is 11.5. The van der Waals surface area contributed by atoms with Crippen molar-refractivity contribution in [3.63, 3.8) is 0 Å². The number of aromatic nitrogens is 3. The Bertz CT molecular complexity index is 810. The maximum absolute atomic E-state index is 5.91. The van der Waals surface area contributed by atoms with Crippen LogP contribution in [0.3, 0.4) is 0 Å². The molecule has 0 fully saturated rings. The zero-order chi connectivity index (χ0) is 14.8. The van der Waals surface area contributed by atoms with Gasteiger partial charge in [0.15, 0.2) is 0 Å². The third-order valence-electron chi connectivity index (χ3n) is 2.85. The highest BCUT2D eigenvalue weighted by Crippen LogP contribution is 2.32.